The van der Waals surface area contributed by atoms with E-state index in [0.29, 0.717) is 19.3 Å². The number of ether oxygens (including phenoxy) is 3. The number of hydrogen-bond acceptors (Lipinski definition) is 6. The van der Waals surface area contributed by atoms with E-state index in [1.54, 1.807) is 0 Å². The second-order valence-corrected chi connectivity index (χ2v) is 16.7. The van der Waals surface area contributed by atoms with Crippen molar-refractivity contribution >= 4 is 17.9 Å². The predicted molar refractivity (Wildman–Crippen MR) is 279 cm³/mol. The van der Waals surface area contributed by atoms with Gasteiger partial charge < -0.3 is 14.2 Å². The Morgan fingerprint density at radius 2 is 0.600 bits per heavy atom. The van der Waals surface area contributed by atoms with E-state index in [1.807, 2.05) is 0 Å². The van der Waals surface area contributed by atoms with Gasteiger partial charge in [-0.15, -0.1) is 0 Å². The van der Waals surface area contributed by atoms with E-state index in [1.165, 1.54) is 38.5 Å². The third kappa shape index (κ3) is 50.7. The maximum Gasteiger partial charge on any atom is 0.306 e. The number of hydrogen-bond donors (Lipinski definition) is 0. The van der Waals surface area contributed by atoms with Crippen LogP contribution in [0.4, 0.5) is 0 Å². The predicted octanol–water partition coefficient (Wildman–Crippen LogP) is 17.3. The summed E-state index contributed by atoms with van der Waals surface area (Å²) in [5, 5.41) is 0. The van der Waals surface area contributed by atoms with Gasteiger partial charge in [0.25, 0.3) is 0 Å². The third-order valence-corrected chi connectivity index (χ3v) is 10.4. The van der Waals surface area contributed by atoms with Gasteiger partial charge in [-0.3, -0.25) is 14.4 Å². The summed E-state index contributed by atoms with van der Waals surface area (Å²) in [6.07, 6.45) is 71.8. The molecule has 366 valence electrons. The molecule has 0 saturated heterocycles. The maximum absolute atomic E-state index is 12.8. The zero-order valence-corrected chi connectivity index (χ0v) is 41.7. The van der Waals surface area contributed by atoms with Crippen molar-refractivity contribution in [3.8, 4) is 0 Å². The molecule has 0 aliphatic rings. The number of carbonyl (C=O) groups excluding carboxylic acids is 3. The zero-order chi connectivity index (χ0) is 47.2. The molecular formula is C59H94O6. The van der Waals surface area contributed by atoms with Crippen molar-refractivity contribution in [3.05, 3.63) is 122 Å². The van der Waals surface area contributed by atoms with Gasteiger partial charge in [0.05, 0.1) is 0 Å². The lowest BCUT2D eigenvalue weighted by molar-refractivity contribution is -0.167. The molecule has 1 unspecified atom stereocenters. The van der Waals surface area contributed by atoms with E-state index < -0.39 is 6.10 Å². The van der Waals surface area contributed by atoms with E-state index in [2.05, 4.69) is 142 Å². The highest BCUT2D eigenvalue weighted by Gasteiger charge is 2.19. The fourth-order valence-corrected chi connectivity index (χ4v) is 6.57. The molecular weight excluding hydrogens is 805 g/mol. The van der Waals surface area contributed by atoms with Crippen LogP contribution in [0.3, 0.4) is 0 Å². The van der Waals surface area contributed by atoms with Gasteiger partial charge in [-0.2, -0.15) is 0 Å². The molecule has 65 heavy (non-hydrogen) atoms. The summed E-state index contributed by atoms with van der Waals surface area (Å²) >= 11 is 0. The smallest absolute Gasteiger partial charge is 0.306 e. The Kier molecular flexibility index (Phi) is 49.1. The molecule has 6 heteroatoms. The number of esters is 3. The molecule has 0 aliphatic heterocycles. The van der Waals surface area contributed by atoms with E-state index >= 15 is 0 Å². The molecule has 0 heterocycles. The first kappa shape index (κ1) is 60.8. The highest BCUT2D eigenvalue weighted by atomic mass is 16.6. The molecule has 1 atom stereocenters. The first-order chi connectivity index (χ1) is 32.0. The zero-order valence-electron chi connectivity index (χ0n) is 41.7. The lowest BCUT2D eigenvalue weighted by atomic mass is 10.1. The van der Waals surface area contributed by atoms with E-state index in [4.69, 9.17) is 14.2 Å². The van der Waals surface area contributed by atoms with Crippen molar-refractivity contribution in [2.45, 2.75) is 219 Å². The van der Waals surface area contributed by atoms with Gasteiger partial charge in [0.15, 0.2) is 6.10 Å². The van der Waals surface area contributed by atoms with Crippen LogP contribution < -0.4 is 0 Å². The van der Waals surface area contributed by atoms with Crippen molar-refractivity contribution in [1.82, 2.24) is 0 Å². The normalized spacial score (nSPS) is 13.1. The molecule has 0 aliphatic carbocycles. The second kappa shape index (κ2) is 52.4. The Morgan fingerprint density at radius 3 is 0.985 bits per heavy atom. The number of rotatable bonds is 45. The Labute approximate surface area is 399 Å². The van der Waals surface area contributed by atoms with E-state index in [0.717, 1.165) is 128 Å². The second-order valence-electron chi connectivity index (χ2n) is 16.7. The van der Waals surface area contributed by atoms with Crippen LogP contribution in [-0.2, 0) is 28.6 Å². The third-order valence-electron chi connectivity index (χ3n) is 10.4. The van der Waals surface area contributed by atoms with Crippen LogP contribution in [0.2, 0.25) is 0 Å². The first-order valence-electron chi connectivity index (χ1n) is 26.0. The Morgan fingerprint density at radius 1 is 0.323 bits per heavy atom. The lowest BCUT2D eigenvalue weighted by Crippen LogP contribution is -2.30. The van der Waals surface area contributed by atoms with Crippen LogP contribution in [-0.4, -0.2) is 37.2 Å². The van der Waals surface area contributed by atoms with Crippen molar-refractivity contribution in [3.63, 3.8) is 0 Å². The van der Waals surface area contributed by atoms with Crippen LogP contribution in [0.1, 0.15) is 213 Å². The van der Waals surface area contributed by atoms with Gasteiger partial charge >= 0.3 is 17.9 Å². The molecule has 0 aromatic heterocycles. The first-order valence-corrected chi connectivity index (χ1v) is 26.0. The molecule has 0 radical (unpaired) electrons. The Balaban J connectivity index is 4.51. The minimum Gasteiger partial charge on any atom is -0.462 e. The van der Waals surface area contributed by atoms with Crippen LogP contribution in [0.15, 0.2) is 122 Å². The van der Waals surface area contributed by atoms with Crippen molar-refractivity contribution in [1.29, 1.82) is 0 Å². The summed E-state index contributed by atoms with van der Waals surface area (Å²) in [4.78, 5) is 38.0. The number of carbonyl (C=O) groups is 3. The molecule has 0 saturated carbocycles. The molecule has 0 amide bonds. The molecule has 0 aromatic carbocycles. The van der Waals surface area contributed by atoms with Gasteiger partial charge in [-0.1, -0.05) is 187 Å². The molecule has 0 bridgehead atoms. The standard InChI is InChI=1S/C59H94O6/c1-4-7-10-13-16-19-22-25-27-28-29-30-32-34-37-40-43-46-49-52-58(61)64-55-56(54-63-57(60)51-48-45-42-39-36-33-24-21-18-15-12-9-6-3)65-59(62)53-50-47-44-41-38-35-31-26-23-20-17-14-11-8-5-2/h8-9,11-12,16-21,25-27,29-31,33,36,38,41,56H,4-7,10,13-15,22-24,28,32,34-35,37,39-40,42-55H2,1-3H3/b11-8-,12-9-,19-16-,20-17-,21-18-,27-25-,30-29-,31-26-,36-33-,41-38-. The van der Waals surface area contributed by atoms with Crippen LogP contribution in [0.25, 0.3) is 0 Å². The fourth-order valence-electron chi connectivity index (χ4n) is 6.57. The molecule has 0 aromatic rings. The van der Waals surface area contributed by atoms with Gasteiger partial charge in [0.1, 0.15) is 13.2 Å². The molecule has 0 spiro atoms. The largest absolute Gasteiger partial charge is 0.462 e. The van der Waals surface area contributed by atoms with E-state index in [9.17, 15) is 14.4 Å². The fraction of sp³-hybridized carbons (Fsp3) is 0.610. The lowest BCUT2D eigenvalue weighted by Gasteiger charge is -2.18. The van der Waals surface area contributed by atoms with Gasteiger partial charge in [-0.05, 0) is 128 Å². The SMILES string of the molecule is CC/C=C\C/C=C\C/C=C\C/C=C\CCCCC(=O)OC(COC(=O)CCCCC/C=C\C/C=C\C/C=C\CC)COC(=O)CCCCCCCC/C=C\C/C=C\C/C=C\CCCCC. The molecule has 0 fully saturated rings. The van der Waals surface area contributed by atoms with Crippen molar-refractivity contribution in [2.75, 3.05) is 13.2 Å². The minimum atomic E-state index is -0.820. The summed E-state index contributed by atoms with van der Waals surface area (Å²) in [5.74, 6) is -1.01. The molecule has 0 N–H and O–H groups in total. The summed E-state index contributed by atoms with van der Waals surface area (Å²) in [7, 11) is 0. The highest BCUT2D eigenvalue weighted by molar-refractivity contribution is 5.71. The summed E-state index contributed by atoms with van der Waals surface area (Å²) in [6, 6.07) is 0. The van der Waals surface area contributed by atoms with Crippen LogP contribution in [0.5, 0.6) is 0 Å². The molecule has 0 rings (SSSR count). The average molecular weight is 899 g/mol. The van der Waals surface area contributed by atoms with Gasteiger partial charge in [0, 0.05) is 19.3 Å². The number of allylic oxidation sites excluding steroid dienone is 20. The maximum atomic E-state index is 12.8. The van der Waals surface area contributed by atoms with E-state index in [-0.39, 0.29) is 37.5 Å². The van der Waals surface area contributed by atoms with Gasteiger partial charge in [-0.25, -0.2) is 0 Å². The Bertz CT molecular complexity index is 1400. The Hall–Kier alpha value is -4.19. The van der Waals surface area contributed by atoms with Crippen molar-refractivity contribution in [2.24, 2.45) is 0 Å². The monoisotopic (exact) mass is 899 g/mol. The summed E-state index contributed by atoms with van der Waals surface area (Å²) in [6.45, 7) is 6.29. The van der Waals surface area contributed by atoms with Crippen LogP contribution >= 0.6 is 0 Å². The summed E-state index contributed by atoms with van der Waals surface area (Å²) < 4.78 is 16.7. The molecule has 6 nitrogen and oxygen atoms in total. The summed E-state index contributed by atoms with van der Waals surface area (Å²) in [5.41, 5.74) is 0. The minimum absolute atomic E-state index is 0.115. The van der Waals surface area contributed by atoms with Crippen molar-refractivity contribution < 1.29 is 28.6 Å². The van der Waals surface area contributed by atoms with Gasteiger partial charge in [0.2, 0.25) is 0 Å². The highest BCUT2D eigenvalue weighted by Crippen LogP contribution is 2.12. The number of unbranched alkanes of at least 4 members (excludes halogenated alkanes) is 14. The topological polar surface area (TPSA) is 78.9 Å². The quantitative estimate of drug-likeness (QED) is 0.0262. The van der Waals surface area contributed by atoms with Crippen LogP contribution in [0, 0.1) is 0 Å². The average Bonchev–Trinajstić information content (AvgIpc) is 3.30.